The molecule has 1 N–H and O–H groups in total. The summed E-state index contributed by atoms with van der Waals surface area (Å²) in [6.07, 6.45) is 0. The monoisotopic (exact) mass is 266 g/mol. The second-order valence-corrected chi connectivity index (χ2v) is 5.15. The van der Waals surface area contributed by atoms with Crippen LogP contribution in [0.4, 0.5) is 0 Å². The molecule has 3 rings (SSSR count). The molecular weight excluding hydrogens is 248 g/mol. The lowest BCUT2D eigenvalue weighted by atomic mass is 10.1. The van der Waals surface area contributed by atoms with Gasteiger partial charge in [-0.2, -0.15) is 0 Å². The Labute approximate surface area is 118 Å². The highest BCUT2D eigenvalue weighted by Crippen LogP contribution is 2.19. The molecule has 0 saturated heterocycles. The maximum absolute atomic E-state index is 4.29. The first kappa shape index (κ1) is 12.8. The normalized spacial score (nSPS) is 11.3. The summed E-state index contributed by atoms with van der Waals surface area (Å²) in [5.41, 5.74) is 4.25. The second-order valence-electron chi connectivity index (χ2n) is 5.15. The van der Waals surface area contributed by atoms with Gasteiger partial charge in [0.05, 0.1) is 11.2 Å². The lowest BCUT2D eigenvalue weighted by molar-refractivity contribution is 0.586. The Hall–Kier alpha value is -2.20. The third kappa shape index (κ3) is 2.42. The molecule has 20 heavy (non-hydrogen) atoms. The van der Waals surface area contributed by atoms with Gasteiger partial charge in [0.15, 0.2) is 0 Å². The molecule has 0 radical (unpaired) electrons. The summed E-state index contributed by atoms with van der Waals surface area (Å²) in [5.74, 6) is 0. The fraction of sp³-hybridized carbons (Fsp3) is 0.250. The minimum Gasteiger partial charge on any atom is -0.310 e. The van der Waals surface area contributed by atoms with Crippen molar-refractivity contribution in [3.63, 3.8) is 0 Å². The van der Waals surface area contributed by atoms with Crippen LogP contribution in [-0.2, 0) is 6.54 Å². The van der Waals surface area contributed by atoms with Gasteiger partial charge < -0.3 is 5.32 Å². The molecule has 0 bridgehead atoms. The summed E-state index contributed by atoms with van der Waals surface area (Å²) >= 11 is 0. The molecule has 0 aliphatic carbocycles. The molecule has 2 aromatic carbocycles. The maximum Gasteiger partial charge on any atom is 0.113 e. The van der Waals surface area contributed by atoms with Gasteiger partial charge in [-0.15, -0.1) is 5.10 Å². The molecule has 0 fully saturated rings. The molecule has 0 saturated carbocycles. The Kier molecular flexibility index (Phi) is 3.48. The van der Waals surface area contributed by atoms with Gasteiger partial charge >= 0.3 is 0 Å². The van der Waals surface area contributed by atoms with Crippen molar-refractivity contribution >= 4 is 11.0 Å². The van der Waals surface area contributed by atoms with Crippen LogP contribution < -0.4 is 5.32 Å². The van der Waals surface area contributed by atoms with Gasteiger partial charge in [-0.05, 0) is 23.8 Å². The largest absolute Gasteiger partial charge is 0.310 e. The average molecular weight is 266 g/mol. The Morgan fingerprint density at radius 1 is 1.05 bits per heavy atom. The van der Waals surface area contributed by atoms with Gasteiger partial charge in [-0.3, -0.25) is 0 Å². The van der Waals surface area contributed by atoms with Gasteiger partial charge in [0.2, 0.25) is 0 Å². The molecule has 1 heterocycles. The fourth-order valence-corrected chi connectivity index (χ4v) is 2.23. The van der Waals surface area contributed by atoms with Crippen molar-refractivity contribution in [1.82, 2.24) is 20.3 Å². The zero-order valence-electron chi connectivity index (χ0n) is 11.7. The first-order valence-electron chi connectivity index (χ1n) is 6.88. The van der Waals surface area contributed by atoms with E-state index >= 15 is 0 Å². The third-order valence-corrected chi connectivity index (χ3v) is 3.27. The minimum atomic E-state index is 0.454. The molecule has 4 nitrogen and oxygen atoms in total. The second kappa shape index (κ2) is 5.43. The highest BCUT2D eigenvalue weighted by molar-refractivity contribution is 5.76. The van der Waals surface area contributed by atoms with Gasteiger partial charge in [-0.25, -0.2) is 4.68 Å². The van der Waals surface area contributed by atoms with Crippen LogP contribution in [0.2, 0.25) is 0 Å². The number of hydrogen-bond donors (Lipinski definition) is 1. The Bertz CT molecular complexity index is 715. The topological polar surface area (TPSA) is 42.7 Å². The summed E-state index contributed by atoms with van der Waals surface area (Å²) in [5, 5.41) is 12.0. The smallest absolute Gasteiger partial charge is 0.113 e. The number of fused-ring (bicyclic) bond motifs is 1. The number of rotatable bonds is 4. The third-order valence-electron chi connectivity index (χ3n) is 3.27. The molecule has 0 unspecified atom stereocenters. The van der Waals surface area contributed by atoms with Crippen LogP contribution in [0.25, 0.3) is 16.7 Å². The van der Waals surface area contributed by atoms with Crippen molar-refractivity contribution in [2.24, 2.45) is 0 Å². The molecule has 4 heteroatoms. The number of hydrogen-bond acceptors (Lipinski definition) is 3. The fourth-order valence-electron chi connectivity index (χ4n) is 2.23. The molecule has 0 amide bonds. The van der Waals surface area contributed by atoms with Crippen LogP contribution in [0.3, 0.4) is 0 Å². The molecular formula is C16H18N4. The molecule has 0 spiro atoms. The first-order valence-corrected chi connectivity index (χ1v) is 6.88. The Balaban J connectivity index is 2.05. The van der Waals surface area contributed by atoms with Crippen molar-refractivity contribution in [1.29, 1.82) is 0 Å². The van der Waals surface area contributed by atoms with E-state index in [2.05, 4.69) is 47.7 Å². The average Bonchev–Trinajstić information content (AvgIpc) is 2.89. The Morgan fingerprint density at radius 3 is 2.65 bits per heavy atom. The lowest BCUT2D eigenvalue weighted by Gasteiger charge is -2.12. The van der Waals surface area contributed by atoms with E-state index in [1.807, 2.05) is 35.0 Å². The van der Waals surface area contributed by atoms with Gasteiger partial charge in [0.25, 0.3) is 0 Å². The number of aromatic nitrogens is 3. The van der Waals surface area contributed by atoms with Crippen molar-refractivity contribution in [2.45, 2.75) is 26.4 Å². The Morgan fingerprint density at radius 2 is 1.80 bits per heavy atom. The van der Waals surface area contributed by atoms with Crippen LogP contribution in [0, 0.1) is 0 Å². The standard InChI is InChI=1S/C16H18N4/c1-12(2)17-11-13-7-3-5-9-15(13)20-16-10-6-4-8-14(16)18-19-20/h3-10,12,17H,11H2,1-2H3. The zero-order chi connectivity index (χ0) is 13.9. The van der Waals surface area contributed by atoms with E-state index < -0.39 is 0 Å². The molecule has 0 aliphatic rings. The van der Waals surface area contributed by atoms with E-state index in [0.29, 0.717) is 6.04 Å². The van der Waals surface area contributed by atoms with Gasteiger partial charge in [-0.1, -0.05) is 49.4 Å². The van der Waals surface area contributed by atoms with Gasteiger partial charge in [0.1, 0.15) is 5.52 Å². The maximum atomic E-state index is 4.29. The number of nitrogens with one attached hydrogen (secondary N) is 1. The van der Waals surface area contributed by atoms with Crippen molar-refractivity contribution in [3.8, 4) is 5.69 Å². The number of benzene rings is 2. The summed E-state index contributed by atoms with van der Waals surface area (Å²) in [4.78, 5) is 0. The van der Waals surface area contributed by atoms with Crippen LogP contribution in [0.5, 0.6) is 0 Å². The van der Waals surface area contributed by atoms with E-state index in [9.17, 15) is 0 Å². The highest BCUT2D eigenvalue weighted by Gasteiger charge is 2.09. The number of nitrogens with zero attached hydrogens (tertiary/aromatic N) is 3. The summed E-state index contributed by atoms with van der Waals surface area (Å²) in [7, 11) is 0. The molecule has 0 aliphatic heterocycles. The summed E-state index contributed by atoms with van der Waals surface area (Å²) in [6, 6.07) is 16.8. The van der Waals surface area contributed by atoms with Crippen molar-refractivity contribution in [2.75, 3.05) is 0 Å². The summed E-state index contributed by atoms with van der Waals surface area (Å²) in [6.45, 7) is 5.11. The van der Waals surface area contributed by atoms with E-state index in [4.69, 9.17) is 0 Å². The van der Waals surface area contributed by atoms with Crippen LogP contribution in [0.15, 0.2) is 48.5 Å². The van der Waals surface area contributed by atoms with Crippen LogP contribution >= 0.6 is 0 Å². The number of para-hydroxylation sites is 2. The van der Waals surface area contributed by atoms with Crippen molar-refractivity contribution in [3.05, 3.63) is 54.1 Å². The first-order chi connectivity index (χ1) is 9.75. The lowest BCUT2D eigenvalue weighted by Crippen LogP contribution is -2.22. The van der Waals surface area contributed by atoms with E-state index in [1.54, 1.807) is 0 Å². The highest BCUT2D eigenvalue weighted by atomic mass is 15.4. The minimum absolute atomic E-state index is 0.454. The summed E-state index contributed by atoms with van der Waals surface area (Å²) < 4.78 is 1.91. The van der Waals surface area contributed by atoms with Crippen LogP contribution in [0.1, 0.15) is 19.4 Å². The van der Waals surface area contributed by atoms with Crippen LogP contribution in [-0.4, -0.2) is 21.0 Å². The zero-order valence-corrected chi connectivity index (χ0v) is 11.7. The molecule has 0 atom stereocenters. The van der Waals surface area contributed by atoms with E-state index in [1.165, 1.54) is 5.56 Å². The predicted molar refractivity (Wildman–Crippen MR) is 80.8 cm³/mol. The predicted octanol–water partition coefficient (Wildman–Crippen LogP) is 2.92. The van der Waals surface area contributed by atoms with E-state index in [0.717, 1.165) is 23.3 Å². The van der Waals surface area contributed by atoms with E-state index in [-0.39, 0.29) is 0 Å². The quantitative estimate of drug-likeness (QED) is 0.789. The molecule has 3 aromatic rings. The van der Waals surface area contributed by atoms with Crippen molar-refractivity contribution < 1.29 is 0 Å². The molecule has 102 valence electrons. The SMILES string of the molecule is CC(C)NCc1ccccc1-n1nnc2ccccc21. The molecule has 1 aromatic heterocycles. The van der Waals surface area contributed by atoms with Gasteiger partial charge in [0, 0.05) is 12.6 Å².